The zero-order valence-corrected chi connectivity index (χ0v) is 22.2. The zero-order chi connectivity index (χ0) is 27.1. The molecule has 1 aliphatic rings. The molecule has 202 valence electrons. The highest BCUT2D eigenvalue weighted by Gasteiger charge is 2.29. The molecule has 0 spiro atoms. The fourth-order valence-corrected chi connectivity index (χ4v) is 6.50. The lowest BCUT2D eigenvalue weighted by atomic mass is 9.92. The first kappa shape index (κ1) is 27.7. The minimum atomic E-state index is -3.63. The standard InChI is InChI=1S/C29H33F2N3O3S/c1-22(20-34(26-10-6-3-7-11-26)38(36,37)21-24-8-4-2-5-9-24)33-16-14-23(15-17-33)18-29(35)32-28-13-12-25(30)19-27(28)31/h2-13,19,22-23H,14-18,20-21H2,1H3,(H,32,35). The lowest BCUT2D eigenvalue weighted by Gasteiger charge is -2.38. The summed E-state index contributed by atoms with van der Waals surface area (Å²) >= 11 is 0. The molecule has 4 rings (SSSR count). The van der Waals surface area contributed by atoms with Gasteiger partial charge in [-0.1, -0.05) is 48.5 Å². The second-order valence-corrected chi connectivity index (χ2v) is 11.7. The van der Waals surface area contributed by atoms with Gasteiger partial charge in [-0.3, -0.25) is 14.0 Å². The molecular weight excluding hydrogens is 508 g/mol. The first-order valence-corrected chi connectivity index (χ1v) is 14.4. The first-order chi connectivity index (χ1) is 18.2. The number of para-hydroxylation sites is 1. The lowest BCUT2D eigenvalue weighted by molar-refractivity contribution is -0.117. The number of benzene rings is 3. The van der Waals surface area contributed by atoms with Gasteiger partial charge in [0.25, 0.3) is 0 Å². The SMILES string of the molecule is CC(CN(c1ccccc1)S(=O)(=O)Cc1ccccc1)N1CCC(CC(=O)Nc2ccc(F)cc2F)CC1. The molecule has 0 aliphatic carbocycles. The molecule has 3 aromatic carbocycles. The number of carbonyl (C=O) groups is 1. The van der Waals surface area contributed by atoms with Crippen LogP contribution in [0.15, 0.2) is 78.9 Å². The Morgan fingerprint density at radius 2 is 1.63 bits per heavy atom. The number of nitrogens with zero attached hydrogens (tertiary/aromatic N) is 2. The number of amides is 1. The Bertz CT molecular complexity index is 1320. The molecule has 9 heteroatoms. The summed E-state index contributed by atoms with van der Waals surface area (Å²) in [5.74, 6) is -1.74. The normalized spacial score (nSPS) is 15.7. The van der Waals surface area contributed by atoms with Gasteiger partial charge in [0.05, 0.1) is 17.1 Å². The molecule has 0 aromatic heterocycles. The van der Waals surface area contributed by atoms with E-state index in [0.717, 1.165) is 43.6 Å². The number of likely N-dealkylation sites (tertiary alicyclic amines) is 1. The average Bonchev–Trinajstić information content (AvgIpc) is 2.90. The molecule has 1 N–H and O–H groups in total. The maximum absolute atomic E-state index is 13.9. The van der Waals surface area contributed by atoms with E-state index < -0.39 is 21.7 Å². The van der Waals surface area contributed by atoms with Crippen LogP contribution in [-0.4, -0.2) is 44.9 Å². The van der Waals surface area contributed by atoms with Crippen LogP contribution < -0.4 is 9.62 Å². The van der Waals surface area contributed by atoms with Crippen LogP contribution in [0.5, 0.6) is 0 Å². The number of halogens is 2. The van der Waals surface area contributed by atoms with Gasteiger partial charge in [-0.2, -0.15) is 0 Å². The highest BCUT2D eigenvalue weighted by molar-refractivity contribution is 7.92. The van der Waals surface area contributed by atoms with E-state index in [9.17, 15) is 22.0 Å². The van der Waals surface area contributed by atoms with Gasteiger partial charge in [0.1, 0.15) is 11.6 Å². The van der Waals surface area contributed by atoms with Crippen LogP contribution in [0.1, 0.15) is 31.7 Å². The van der Waals surface area contributed by atoms with Crippen molar-refractivity contribution in [3.05, 3.63) is 96.1 Å². The van der Waals surface area contributed by atoms with Gasteiger partial charge in [0, 0.05) is 25.1 Å². The highest BCUT2D eigenvalue weighted by atomic mass is 32.2. The van der Waals surface area contributed by atoms with E-state index >= 15 is 0 Å². The number of nitrogens with one attached hydrogen (secondary N) is 1. The number of rotatable bonds is 10. The second kappa shape index (κ2) is 12.5. The smallest absolute Gasteiger partial charge is 0.239 e. The van der Waals surface area contributed by atoms with E-state index in [4.69, 9.17) is 0 Å². The minimum Gasteiger partial charge on any atom is -0.324 e. The average molecular weight is 542 g/mol. The summed E-state index contributed by atoms with van der Waals surface area (Å²) in [6.07, 6.45) is 1.79. The maximum atomic E-state index is 13.9. The summed E-state index contributed by atoms with van der Waals surface area (Å²) in [7, 11) is -3.63. The predicted molar refractivity (Wildman–Crippen MR) is 146 cm³/mol. The van der Waals surface area contributed by atoms with Crippen LogP contribution in [0.3, 0.4) is 0 Å². The van der Waals surface area contributed by atoms with Gasteiger partial charge < -0.3 is 5.32 Å². The summed E-state index contributed by atoms with van der Waals surface area (Å²) < 4.78 is 55.5. The van der Waals surface area contributed by atoms with Crippen LogP contribution in [0.4, 0.5) is 20.2 Å². The van der Waals surface area contributed by atoms with Crippen LogP contribution in [-0.2, 0) is 20.6 Å². The molecule has 1 unspecified atom stereocenters. The van der Waals surface area contributed by atoms with E-state index in [1.54, 1.807) is 0 Å². The lowest BCUT2D eigenvalue weighted by Crippen LogP contribution is -2.48. The van der Waals surface area contributed by atoms with Gasteiger partial charge in [-0.15, -0.1) is 0 Å². The summed E-state index contributed by atoms with van der Waals surface area (Å²) in [5.41, 5.74) is 1.34. The van der Waals surface area contributed by atoms with Crippen LogP contribution in [0, 0.1) is 17.6 Å². The van der Waals surface area contributed by atoms with Crippen molar-refractivity contribution in [1.82, 2.24) is 4.90 Å². The Labute approximate surface area is 223 Å². The molecule has 1 amide bonds. The fourth-order valence-electron chi connectivity index (χ4n) is 4.84. The third kappa shape index (κ3) is 7.39. The van der Waals surface area contributed by atoms with Crippen molar-refractivity contribution < 1.29 is 22.0 Å². The molecular formula is C29H33F2N3O3S. The number of hydrogen-bond donors (Lipinski definition) is 1. The molecule has 3 aromatic rings. The Kier molecular flexibility index (Phi) is 9.12. The van der Waals surface area contributed by atoms with Crippen molar-refractivity contribution in [3.8, 4) is 0 Å². The quantitative estimate of drug-likeness (QED) is 0.372. The zero-order valence-electron chi connectivity index (χ0n) is 21.4. The Morgan fingerprint density at radius 3 is 2.26 bits per heavy atom. The fraction of sp³-hybridized carbons (Fsp3) is 0.345. The van der Waals surface area contributed by atoms with E-state index in [1.165, 1.54) is 10.4 Å². The predicted octanol–water partition coefficient (Wildman–Crippen LogP) is 5.43. The molecule has 0 bridgehead atoms. The van der Waals surface area contributed by atoms with Crippen molar-refractivity contribution >= 4 is 27.3 Å². The molecule has 1 aliphatic heterocycles. The Morgan fingerprint density at radius 1 is 1.00 bits per heavy atom. The van der Waals surface area contributed by atoms with E-state index in [2.05, 4.69) is 10.2 Å². The topological polar surface area (TPSA) is 69.7 Å². The van der Waals surface area contributed by atoms with Crippen molar-refractivity contribution in [1.29, 1.82) is 0 Å². The van der Waals surface area contributed by atoms with Gasteiger partial charge in [-0.25, -0.2) is 17.2 Å². The molecule has 0 radical (unpaired) electrons. The monoisotopic (exact) mass is 541 g/mol. The van der Waals surface area contributed by atoms with Crippen molar-refractivity contribution in [3.63, 3.8) is 0 Å². The molecule has 0 saturated carbocycles. The van der Waals surface area contributed by atoms with Crippen LogP contribution >= 0.6 is 0 Å². The third-order valence-electron chi connectivity index (χ3n) is 6.95. The maximum Gasteiger partial charge on any atom is 0.239 e. The van der Waals surface area contributed by atoms with Gasteiger partial charge >= 0.3 is 0 Å². The van der Waals surface area contributed by atoms with Crippen molar-refractivity contribution in [2.45, 2.75) is 38.0 Å². The Balaban J connectivity index is 1.35. The van der Waals surface area contributed by atoms with Gasteiger partial charge in [0.2, 0.25) is 15.9 Å². The van der Waals surface area contributed by atoms with E-state index in [1.807, 2.05) is 67.6 Å². The second-order valence-electron chi connectivity index (χ2n) is 9.81. The molecule has 6 nitrogen and oxygen atoms in total. The number of sulfonamides is 1. The van der Waals surface area contributed by atoms with Gasteiger partial charge in [-0.05, 0) is 68.6 Å². The summed E-state index contributed by atoms with van der Waals surface area (Å²) in [5, 5.41) is 2.53. The highest BCUT2D eigenvalue weighted by Crippen LogP contribution is 2.26. The summed E-state index contributed by atoms with van der Waals surface area (Å²) in [6, 6.07) is 21.3. The Hall–Kier alpha value is -3.30. The van der Waals surface area contributed by atoms with Crippen molar-refractivity contribution in [2.24, 2.45) is 5.92 Å². The third-order valence-corrected chi connectivity index (χ3v) is 8.68. The van der Waals surface area contributed by atoms with E-state index in [-0.39, 0.29) is 35.7 Å². The summed E-state index contributed by atoms with van der Waals surface area (Å²) in [6.45, 7) is 3.79. The molecule has 1 fully saturated rings. The van der Waals surface area contributed by atoms with Crippen LogP contribution in [0.2, 0.25) is 0 Å². The molecule has 38 heavy (non-hydrogen) atoms. The summed E-state index contributed by atoms with van der Waals surface area (Å²) in [4.78, 5) is 14.7. The molecule has 1 saturated heterocycles. The first-order valence-electron chi connectivity index (χ1n) is 12.8. The number of piperidine rings is 1. The number of carbonyl (C=O) groups excluding carboxylic acids is 1. The molecule has 1 atom stereocenters. The van der Waals surface area contributed by atoms with E-state index in [0.29, 0.717) is 12.2 Å². The number of anilines is 2. The number of hydrogen-bond acceptors (Lipinski definition) is 4. The molecule has 1 heterocycles. The minimum absolute atomic E-state index is 0.0276. The largest absolute Gasteiger partial charge is 0.324 e. The van der Waals surface area contributed by atoms with Crippen molar-refractivity contribution in [2.75, 3.05) is 29.3 Å². The van der Waals surface area contributed by atoms with Crippen LogP contribution in [0.25, 0.3) is 0 Å². The van der Waals surface area contributed by atoms with Gasteiger partial charge in [0.15, 0.2) is 0 Å².